The maximum Gasteiger partial charge on any atom is 0.256 e. The summed E-state index contributed by atoms with van der Waals surface area (Å²) in [4.78, 5) is 12.2. The van der Waals surface area contributed by atoms with Gasteiger partial charge >= 0.3 is 0 Å². The van der Waals surface area contributed by atoms with Gasteiger partial charge in [-0.25, -0.2) is 4.68 Å². The van der Waals surface area contributed by atoms with E-state index in [1.54, 1.807) is 16.0 Å². The van der Waals surface area contributed by atoms with Gasteiger partial charge in [-0.2, -0.15) is 0 Å². The summed E-state index contributed by atoms with van der Waals surface area (Å²) in [5.41, 5.74) is 3.22. The van der Waals surface area contributed by atoms with Crippen LogP contribution in [0.1, 0.15) is 15.9 Å². The van der Waals surface area contributed by atoms with Gasteiger partial charge in [0.15, 0.2) is 0 Å². The van der Waals surface area contributed by atoms with Crippen LogP contribution < -0.4 is 5.32 Å². The Hall–Kier alpha value is -1.81. The first kappa shape index (κ1) is 14.1. The van der Waals surface area contributed by atoms with Gasteiger partial charge in [-0.05, 0) is 63.7 Å². The number of tetrazole rings is 1. The minimum atomic E-state index is -0.124. The van der Waals surface area contributed by atoms with E-state index < -0.39 is 0 Å². The smallest absolute Gasteiger partial charge is 0.256 e. The second-order valence-corrected chi connectivity index (χ2v) is 7.15. The van der Waals surface area contributed by atoms with Crippen LogP contribution in [0.15, 0.2) is 36.0 Å². The summed E-state index contributed by atoms with van der Waals surface area (Å²) in [6.07, 6.45) is 1.52. The second-order valence-electron chi connectivity index (χ2n) is 4.35. The van der Waals surface area contributed by atoms with Crippen molar-refractivity contribution in [2.75, 3.05) is 5.32 Å². The predicted molar refractivity (Wildman–Crippen MR) is 88.9 cm³/mol. The second kappa shape index (κ2) is 5.90. The molecule has 0 saturated heterocycles. The monoisotopic (exact) mass is 411 g/mol. The largest absolute Gasteiger partial charge is 0.322 e. The fourth-order valence-corrected chi connectivity index (χ4v) is 3.16. The normalized spacial score (nSPS) is 10.6. The molecule has 0 aliphatic rings. The molecule has 0 saturated carbocycles. The van der Waals surface area contributed by atoms with Gasteiger partial charge in [0.05, 0.1) is 14.1 Å². The highest BCUT2D eigenvalue weighted by Crippen LogP contribution is 2.21. The Labute approximate surface area is 138 Å². The number of nitrogens with one attached hydrogen (secondary N) is 1. The molecule has 8 heteroatoms. The molecule has 0 aliphatic heterocycles. The first-order valence-corrected chi connectivity index (χ1v) is 7.99. The van der Waals surface area contributed by atoms with E-state index in [1.165, 1.54) is 6.33 Å². The van der Waals surface area contributed by atoms with Gasteiger partial charge in [-0.3, -0.25) is 4.79 Å². The highest BCUT2D eigenvalue weighted by Gasteiger charge is 2.10. The third-order valence-corrected chi connectivity index (χ3v) is 4.68. The Morgan fingerprint density at radius 1 is 1.38 bits per heavy atom. The lowest BCUT2D eigenvalue weighted by molar-refractivity contribution is 0.102. The number of halogens is 1. The van der Waals surface area contributed by atoms with Gasteiger partial charge in [0.1, 0.15) is 6.33 Å². The lowest BCUT2D eigenvalue weighted by Gasteiger charge is -2.09. The van der Waals surface area contributed by atoms with Crippen molar-refractivity contribution in [1.29, 1.82) is 0 Å². The van der Waals surface area contributed by atoms with E-state index >= 15 is 0 Å². The molecule has 3 rings (SSSR count). The molecule has 3 aromatic rings. The Kier molecular flexibility index (Phi) is 3.97. The molecule has 106 valence electrons. The highest BCUT2D eigenvalue weighted by atomic mass is 127. The number of anilines is 1. The lowest BCUT2D eigenvalue weighted by atomic mass is 10.1. The summed E-state index contributed by atoms with van der Waals surface area (Å²) in [5.74, 6) is -0.124. The van der Waals surface area contributed by atoms with E-state index in [0.717, 1.165) is 14.1 Å². The fourth-order valence-electron chi connectivity index (χ4n) is 1.84. The van der Waals surface area contributed by atoms with Crippen LogP contribution in [-0.4, -0.2) is 26.1 Å². The molecule has 1 N–H and O–H groups in total. The number of amides is 1. The number of thiophene rings is 1. The Morgan fingerprint density at radius 2 is 2.24 bits per heavy atom. The minimum absolute atomic E-state index is 0.124. The Morgan fingerprint density at radius 3 is 2.90 bits per heavy atom. The van der Waals surface area contributed by atoms with E-state index in [0.29, 0.717) is 11.3 Å². The zero-order chi connectivity index (χ0) is 14.8. The SMILES string of the molecule is Cc1ccc(NC(=O)c2csc(I)c2)cc1-n1cnnn1. The third kappa shape index (κ3) is 3.10. The van der Waals surface area contributed by atoms with Crippen molar-refractivity contribution < 1.29 is 4.79 Å². The topological polar surface area (TPSA) is 72.7 Å². The molecule has 6 nitrogen and oxygen atoms in total. The van der Waals surface area contributed by atoms with Crippen LogP contribution in [0.5, 0.6) is 0 Å². The number of hydrogen-bond acceptors (Lipinski definition) is 5. The summed E-state index contributed by atoms with van der Waals surface area (Å²) < 4.78 is 2.65. The predicted octanol–water partition coefficient (Wildman–Crippen LogP) is 2.89. The Balaban J connectivity index is 1.86. The van der Waals surface area contributed by atoms with Crippen molar-refractivity contribution in [2.24, 2.45) is 0 Å². The van der Waals surface area contributed by atoms with E-state index in [1.807, 2.05) is 36.6 Å². The third-order valence-electron chi connectivity index (χ3n) is 2.89. The van der Waals surface area contributed by atoms with Gasteiger partial charge < -0.3 is 5.32 Å². The van der Waals surface area contributed by atoms with Crippen molar-refractivity contribution in [3.05, 3.63) is 50.0 Å². The number of rotatable bonds is 3. The van der Waals surface area contributed by atoms with Crippen molar-refractivity contribution in [3.8, 4) is 5.69 Å². The quantitative estimate of drug-likeness (QED) is 0.673. The van der Waals surface area contributed by atoms with Crippen LogP contribution in [0.25, 0.3) is 5.69 Å². The summed E-state index contributed by atoms with van der Waals surface area (Å²) in [6, 6.07) is 7.49. The number of aryl methyl sites for hydroxylation is 1. The molecule has 0 atom stereocenters. The Bertz CT molecular complexity index is 784. The van der Waals surface area contributed by atoms with Gasteiger partial charge in [0, 0.05) is 11.1 Å². The number of nitrogens with zero attached hydrogens (tertiary/aromatic N) is 4. The highest BCUT2D eigenvalue weighted by molar-refractivity contribution is 14.1. The van der Waals surface area contributed by atoms with Crippen molar-refractivity contribution >= 4 is 45.5 Å². The van der Waals surface area contributed by atoms with Crippen LogP contribution >= 0.6 is 33.9 Å². The maximum atomic E-state index is 12.2. The van der Waals surface area contributed by atoms with Gasteiger partial charge in [-0.1, -0.05) is 6.07 Å². The number of aromatic nitrogens is 4. The maximum absolute atomic E-state index is 12.2. The minimum Gasteiger partial charge on any atom is -0.322 e. The molecule has 2 heterocycles. The van der Waals surface area contributed by atoms with Crippen LogP contribution in [0.3, 0.4) is 0 Å². The molecule has 1 aromatic carbocycles. The summed E-state index contributed by atoms with van der Waals surface area (Å²) >= 11 is 3.74. The van der Waals surface area contributed by atoms with Crippen LogP contribution in [0.4, 0.5) is 5.69 Å². The van der Waals surface area contributed by atoms with Crippen LogP contribution in [-0.2, 0) is 0 Å². The van der Waals surface area contributed by atoms with Gasteiger partial charge in [0.2, 0.25) is 0 Å². The van der Waals surface area contributed by atoms with Crippen molar-refractivity contribution in [1.82, 2.24) is 20.2 Å². The van der Waals surface area contributed by atoms with E-state index in [9.17, 15) is 4.79 Å². The summed E-state index contributed by atoms with van der Waals surface area (Å²) in [5, 5.41) is 15.8. The van der Waals surface area contributed by atoms with E-state index in [-0.39, 0.29) is 5.91 Å². The van der Waals surface area contributed by atoms with Crippen LogP contribution in [0, 0.1) is 9.81 Å². The lowest BCUT2D eigenvalue weighted by Crippen LogP contribution is -2.11. The first-order valence-electron chi connectivity index (χ1n) is 6.03. The number of carbonyl (C=O) groups is 1. The molecule has 0 aliphatic carbocycles. The van der Waals surface area contributed by atoms with Gasteiger partial charge in [0.25, 0.3) is 5.91 Å². The average molecular weight is 411 g/mol. The molecular formula is C13H10IN5OS. The fraction of sp³-hybridized carbons (Fsp3) is 0.0769. The van der Waals surface area contributed by atoms with Gasteiger partial charge in [-0.15, -0.1) is 16.4 Å². The number of hydrogen-bond donors (Lipinski definition) is 1. The average Bonchev–Trinajstić information content (AvgIpc) is 3.12. The van der Waals surface area contributed by atoms with E-state index in [2.05, 4.69) is 43.4 Å². The zero-order valence-corrected chi connectivity index (χ0v) is 13.9. The van der Waals surface area contributed by atoms with Crippen LogP contribution in [0.2, 0.25) is 0 Å². The molecule has 0 unspecified atom stereocenters. The standard InChI is InChI=1S/C13H10IN5OS/c1-8-2-3-10(5-11(8)19-7-15-17-18-19)16-13(20)9-4-12(14)21-6-9/h2-7H,1H3,(H,16,20). The molecule has 21 heavy (non-hydrogen) atoms. The first-order chi connectivity index (χ1) is 10.1. The molecule has 2 aromatic heterocycles. The number of benzene rings is 1. The summed E-state index contributed by atoms with van der Waals surface area (Å²) in [7, 11) is 0. The summed E-state index contributed by atoms with van der Waals surface area (Å²) in [6.45, 7) is 1.96. The molecule has 0 bridgehead atoms. The van der Waals surface area contributed by atoms with E-state index in [4.69, 9.17) is 0 Å². The number of carbonyl (C=O) groups excluding carboxylic acids is 1. The molecular weight excluding hydrogens is 401 g/mol. The van der Waals surface area contributed by atoms with Crippen molar-refractivity contribution in [2.45, 2.75) is 6.92 Å². The van der Waals surface area contributed by atoms with Crippen molar-refractivity contribution in [3.63, 3.8) is 0 Å². The molecule has 1 amide bonds. The molecule has 0 spiro atoms. The molecule has 0 fully saturated rings. The molecule has 0 radical (unpaired) electrons. The zero-order valence-electron chi connectivity index (χ0n) is 10.9.